The van der Waals surface area contributed by atoms with Gasteiger partial charge in [-0.2, -0.15) is 5.10 Å². The molecule has 7 nitrogen and oxygen atoms in total. The van der Waals surface area contributed by atoms with Crippen LogP contribution in [0.2, 0.25) is 10.0 Å². The number of nitrogens with one attached hydrogen (secondary N) is 1. The summed E-state index contributed by atoms with van der Waals surface area (Å²) in [5.41, 5.74) is 0.895. The lowest BCUT2D eigenvalue weighted by atomic mass is 10.1. The van der Waals surface area contributed by atoms with Gasteiger partial charge in [-0.05, 0) is 50.6 Å². The summed E-state index contributed by atoms with van der Waals surface area (Å²) >= 11 is 12.1. The Morgan fingerprint density at radius 3 is 2.41 bits per heavy atom. The van der Waals surface area contributed by atoms with Crippen LogP contribution in [0.25, 0.3) is 5.69 Å². The first-order valence-electron chi connectivity index (χ1n) is 9.80. The predicted molar refractivity (Wildman–Crippen MR) is 122 cm³/mol. The molecule has 1 amide bonds. The Morgan fingerprint density at radius 2 is 1.75 bits per heavy atom. The van der Waals surface area contributed by atoms with E-state index < -0.39 is 35.1 Å². The van der Waals surface area contributed by atoms with Gasteiger partial charge in [0.1, 0.15) is 0 Å². The van der Waals surface area contributed by atoms with E-state index in [-0.39, 0.29) is 0 Å². The topological polar surface area (TPSA) is 90.3 Å². The molecule has 0 radical (unpaired) electrons. The molecule has 1 aromatic heterocycles. The number of ether oxygens (including phenoxy) is 1. The highest BCUT2D eigenvalue weighted by molar-refractivity contribution is 6.35. The first-order valence-corrected chi connectivity index (χ1v) is 10.6. The first kappa shape index (κ1) is 23.5. The molecule has 0 saturated carbocycles. The maximum absolute atomic E-state index is 12.6. The van der Waals surface area contributed by atoms with Crippen LogP contribution in [0.15, 0.2) is 59.4 Å². The van der Waals surface area contributed by atoms with Crippen LogP contribution in [-0.4, -0.2) is 27.8 Å². The minimum atomic E-state index is -1.16. The molecule has 0 aliphatic rings. The summed E-state index contributed by atoms with van der Waals surface area (Å²) in [5.74, 6) is -1.54. The molecule has 3 aromatic rings. The standard InChI is InChI=1S/C23H21Cl2N3O4/c1-13-11-20(29)21(27-28(13)17-7-5-4-6-8-17)23(31)32-15(3)22(30)26-14(2)18-10-9-16(24)12-19(18)25/h4-12,14-15H,1-3H3,(H,26,30). The smallest absolute Gasteiger partial charge is 0.363 e. The van der Waals surface area contributed by atoms with Gasteiger partial charge in [-0.15, -0.1) is 0 Å². The largest absolute Gasteiger partial charge is 0.448 e. The third kappa shape index (κ3) is 5.36. The molecule has 2 aromatic carbocycles. The van der Waals surface area contributed by atoms with Gasteiger partial charge in [-0.3, -0.25) is 9.59 Å². The predicted octanol–water partition coefficient (Wildman–Crippen LogP) is 4.27. The highest BCUT2D eigenvalue weighted by Gasteiger charge is 2.24. The van der Waals surface area contributed by atoms with Crippen LogP contribution in [0.4, 0.5) is 0 Å². The van der Waals surface area contributed by atoms with Crippen LogP contribution in [-0.2, 0) is 9.53 Å². The molecule has 0 fully saturated rings. The van der Waals surface area contributed by atoms with Gasteiger partial charge in [0.15, 0.2) is 6.10 Å². The lowest BCUT2D eigenvalue weighted by Crippen LogP contribution is -2.38. The van der Waals surface area contributed by atoms with Crippen molar-refractivity contribution in [2.45, 2.75) is 32.9 Å². The Bertz CT molecular complexity index is 1210. The van der Waals surface area contributed by atoms with E-state index >= 15 is 0 Å². The summed E-state index contributed by atoms with van der Waals surface area (Å²) in [5, 5.41) is 7.76. The average molecular weight is 474 g/mol. The number of benzene rings is 2. The van der Waals surface area contributed by atoms with Gasteiger partial charge in [0.25, 0.3) is 5.91 Å². The van der Waals surface area contributed by atoms with Gasteiger partial charge in [0.2, 0.25) is 11.1 Å². The fourth-order valence-electron chi connectivity index (χ4n) is 3.05. The second-order valence-electron chi connectivity index (χ2n) is 7.19. The minimum Gasteiger partial charge on any atom is -0.448 e. The number of amides is 1. The number of halogens is 2. The first-order chi connectivity index (χ1) is 15.2. The highest BCUT2D eigenvalue weighted by atomic mass is 35.5. The van der Waals surface area contributed by atoms with E-state index in [1.54, 1.807) is 44.2 Å². The van der Waals surface area contributed by atoms with Gasteiger partial charge < -0.3 is 10.1 Å². The Kier molecular flexibility index (Phi) is 7.33. The molecule has 0 spiro atoms. The van der Waals surface area contributed by atoms with E-state index in [9.17, 15) is 14.4 Å². The monoisotopic (exact) mass is 473 g/mol. The Balaban J connectivity index is 1.74. The second-order valence-corrected chi connectivity index (χ2v) is 8.03. The van der Waals surface area contributed by atoms with E-state index in [4.69, 9.17) is 27.9 Å². The maximum Gasteiger partial charge on any atom is 0.363 e. The molecule has 3 rings (SSSR count). The zero-order valence-corrected chi connectivity index (χ0v) is 19.1. The number of rotatable bonds is 6. The van der Waals surface area contributed by atoms with Crippen molar-refractivity contribution in [2.75, 3.05) is 0 Å². The third-order valence-corrected chi connectivity index (χ3v) is 5.30. The maximum atomic E-state index is 12.6. The minimum absolute atomic E-state index is 0.403. The third-order valence-electron chi connectivity index (χ3n) is 4.74. The summed E-state index contributed by atoms with van der Waals surface area (Å²) in [7, 11) is 0. The number of para-hydroxylation sites is 1. The fraction of sp³-hybridized carbons (Fsp3) is 0.217. The summed E-state index contributed by atoms with van der Waals surface area (Å²) in [4.78, 5) is 37.5. The molecular formula is C23H21Cl2N3O4. The van der Waals surface area contributed by atoms with Crippen LogP contribution in [0.1, 0.15) is 41.6 Å². The normalized spacial score (nSPS) is 12.7. The molecular weight excluding hydrogens is 453 g/mol. The van der Waals surface area contributed by atoms with Crippen LogP contribution in [0.5, 0.6) is 0 Å². The second kappa shape index (κ2) is 9.97. The summed E-state index contributed by atoms with van der Waals surface area (Å²) < 4.78 is 6.68. The number of aromatic nitrogens is 2. The Hall–Kier alpha value is -3.16. The zero-order valence-electron chi connectivity index (χ0n) is 17.6. The number of hydrogen-bond acceptors (Lipinski definition) is 5. The molecule has 0 aliphatic carbocycles. The summed E-state index contributed by atoms with van der Waals surface area (Å²) in [6.07, 6.45) is -1.16. The van der Waals surface area contributed by atoms with Gasteiger partial charge in [-0.1, -0.05) is 47.5 Å². The number of esters is 1. The molecule has 9 heteroatoms. The average Bonchev–Trinajstić information content (AvgIpc) is 2.74. The van der Waals surface area contributed by atoms with Crippen LogP contribution in [0, 0.1) is 6.92 Å². The Labute approximate surface area is 194 Å². The molecule has 0 saturated heterocycles. The Morgan fingerprint density at radius 1 is 1.06 bits per heavy atom. The molecule has 1 N–H and O–H groups in total. The molecule has 0 aliphatic heterocycles. The molecule has 1 heterocycles. The van der Waals surface area contributed by atoms with E-state index in [0.717, 1.165) is 0 Å². The van der Waals surface area contributed by atoms with E-state index in [2.05, 4.69) is 10.4 Å². The van der Waals surface area contributed by atoms with Crippen molar-refractivity contribution < 1.29 is 14.3 Å². The van der Waals surface area contributed by atoms with Gasteiger partial charge >= 0.3 is 5.97 Å². The van der Waals surface area contributed by atoms with Crippen molar-refractivity contribution in [3.63, 3.8) is 0 Å². The number of carbonyl (C=O) groups is 2. The number of aryl methyl sites for hydroxylation is 1. The van der Waals surface area contributed by atoms with Crippen molar-refractivity contribution in [3.05, 3.63) is 91.8 Å². The molecule has 2 atom stereocenters. The fourth-order valence-corrected chi connectivity index (χ4v) is 3.62. The number of carbonyl (C=O) groups excluding carboxylic acids is 2. The zero-order chi connectivity index (χ0) is 23.4. The summed E-state index contributed by atoms with van der Waals surface area (Å²) in [6, 6.07) is 14.8. The lowest BCUT2D eigenvalue weighted by Gasteiger charge is -2.19. The number of nitrogens with zero attached hydrogens (tertiary/aromatic N) is 2. The molecule has 166 valence electrons. The van der Waals surface area contributed by atoms with E-state index in [0.29, 0.717) is 27.0 Å². The summed E-state index contributed by atoms with van der Waals surface area (Å²) in [6.45, 7) is 4.85. The van der Waals surface area contributed by atoms with Crippen molar-refractivity contribution in [1.82, 2.24) is 15.1 Å². The van der Waals surface area contributed by atoms with Crippen LogP contribution in [0.3, 0.4) is 0 Å². The lowest BCUT2D eigenvalue weighted by molar-refractivity contribution is -0.129. The van der Waals surface area contributed by atoms with Crippen LogP contribution >= 0.6 is 23.2 Å². The van der Waals surface area contributed by atoms with Crippen molar-refractivity contribution in [1.29, 1.82) is 0 Å². The SMILES string of the molecule is Cc1cc(=O)c(C(=O)OC(C)C(=O)NC(C)c2ccc(Cl)cc2Cl)nn1-c1ccccc1. The van der Waals surface area contributed by atoms with Crippen molar-refractivity contribution in [3.8, 4) is 5.69 Å². The van der Waals surface area contributed by atoms with Gasteiger partial charge in [-0.25, -0.2) is 9.48 Å². The number of hydrogen-bond donors (Lipinski definition) is 1. The molecule has 0 bridgehead atoms. The van der Waals surface area contributed by atoms with E-state index in [1.807, 2.05) is 18.2 Å². The van der Waals surface area contributed by atoms with Crippen LogP contribution < -0.4 is 10.7 Å². The molecule has 2 unspecified atom stereocenters. The van der Waals surface area contributed by atoms with Gasteiger partial charge in [0, 0.05) is 21.8 Å². The highest BCUT2D eigenvalue weighted by Crippen LogP contribution is 2.26. The van der Waals surface area contributed by atoms with Gasteiger partial charge in [0.05, 0.1) is 11.7 Å². The van der Waals surface area contributed by atoms with E-state index in [1.165, 1.54) is 17.7 Å². The quantitative estimate of drug-likeness (QED) is 0.539. The van der Waals surface area contributed by atoms with Crippen molar-refractivity contribution >= 4 is 35.1 Å². The molecule has 32 heavy (non-hydrogen) atoms. The van der Waals surface area contributed by atoms with Crippen molar-refractivity contribution in [2.24, 2.45) is 0 Å².